The quantitative estimate of drug-likeness (QED) is 0.772. The standard InChI is InChI=1S/C20H26N2O4/c1-5-25-17(23)16(13-21)20(15-9-7-6-8-10-15)11-12-22(14-20)18(24)26-19(2,3)4/h6-10,16H,5,11-12,14H2,1-4H3. The van der Waals surface area contributed by atoms with Crippen molar-refractivity contribution < 1.29 is 19.1 Å². The maximum absolute atomic E-state index is 12.5. The van der Waals surface area contributed by atoms with E-state index in [1.165, 1.54) is 0 Å². The first kappa shape index (κ1) is 19.8. The van der Waals surface area contributed by atoms with Crippen LogP contribution >= 0.6 is 0 Å². The fourth-order valence-electron chi connectivity index (χ4n) is 3.35. The summed E-state index contributed by atoms with van der Waals surface area (Å²) in [5.41, 5.74) is -0.560. The summed E-state index contributed by atoms with van der Waals surface area (Å²) < 4.78 is 10.6. The van der Waals surface area contributed by atoms with Crippen LogP contribution in [0.5, 0.6) is 0 Å². The third-order valence-corrected chi connectivity index (χ3v) is 4.51. The fourth-order valence-corrected chi connectivity index (χ4v) is 3.35. The molecule has 1 heterocycles. The van der Waals surface area contributed by atoms with E-state index in [2.05, 4.69) is 6.07 Å². The highest BCUT2D eigenvalue weighted by Crippen LogP contribution is 2.42. The Morgan fingerprint density at radius 2 is 1.96 bits per heavy atom. The van der Waals surface area contributed by atoms with Gasteiger partial charge in [-0.2, -0.15) is 5.26 Å². The predicted octanol–water partition coefficient (Wildman–Crippen LogP) is 3.27. The summed E-state index contributed by atoms with van der Waals surface area (Å²) in [4.78, 5) is 26.5. The molecule has 0 saturated carbocycles. The SMILES string of the molecule is CCOC(=O)C(C#N)C1(c2ccccc2)CCN(C(=O)OC(C)(C)C)C1. The Labute approximate surface area is 154 Å². The molecule has 1 aliphatic rings. The Bertz CT molecular complexity index is 690. The average molecular weight is 358 g/mol. The number of hydrogen-bond acceptors (Lipinski definition) is 5. The van der Waals surface area contributed by atoms with E-state index in [0.717, 1.165) is 5.56 Å². The lowest BCUT2D eigenvalue weighted by molar-refractivity contribution is -0.148. The minimum atomic E-state index is -0.989. The first-order valence-electron chi connectivity index (χ1n) is 8.83. The summed E-state index contributed by atoms with van der Waals surface area (Å²) in [6.07, 6.45) is 0.0590. The highest BCUT2D eigenvalue weighted by molar-refractivity contribution is 5.78. The molecule has 2 rings (SSSR count). The maximum atomic E-state index is 12.5. The summed E-state index contributed by atoms with van der Waals surface area (Å²) in [5.74, 6) is -1.54. The number of rotatable bonds is 4. The molecule has 1 aromatic rings. The van der Waals surface area contributed by atoms with Crippen molar-refractivity contribution in [3.05, 3.63) is 35.9 Å². The number of carbonyl (C=O) groups excluding carboxylic acids is 2. The van der Waals surface area contributed by atoms with E-state index in [1.54, 1.807) is 11.8 Å². The van der Waals surface area contributed by atoms with Crippen LogP contribution in [0.1, 0.15) is 39.7 Å². The summed E-state index contributed by atoms with van der Waals surface area (Å²) in [6, 6.07) is 11.5. The third kappa shape index (κ3) is 4.16. The topological polar surface area (TPSA) is 79.6 Å². The summed E-state index contributed by atoms with van der Waals surface area (Å²) in [7, 11) is 0. The maximum Gasteiger partial charge on any atom is 0.410 e. The zero-order valence-electron chi connectivity index (χ0n) is 15.8. The van der Waals surface area contributed by atoms with Crippen LogP contribution in [0.4, 0.5) is 4.79 Å². The largest absolute Gasteiger partial charge is 0.465 e. The molecule has 0 spiro atoms. The Morgan fingerprint density at radius 1 is 1.31 bits per heavy atom. The van der Waals surface area contributed by atoms with Gasteiger partial charge in [0.2, 0.25) is 0 Å². The zero-order valence-corrected chi connectivity index (χ0v) is 15.8. The van der Waals surface area contributed by atoms with Crippen molar-refractivity contribution in [3.63, 3.8) is 0 Å². The van der Waals surface area contributed by atoms with Gasteiger partial charge in [-0.1, -0.05) is 30.3 Å². The van der Waals surface area contributed by atoms with Gasteiger partial charge in [0, 0.05) is 18.5 Å². The van der Waals surface area contributed by atoms with E-state index in [1.807, 2.05) is 51.1 Å². The minimum Gasteiger partial charge on any atom is -0.465 e. The lowest BCUT2D eigenvalue weighted by Gasteiger charge is -2.33. The van der Waals surface area contributed by atoms with Crippen LogP contribution in [0, 0.1) is 17.2 Å². The van der Waals surface area contributed by atoms with E-state index in [0.29, 0.717) is 13.0 Å². The van der Waals surface area contributed by atoms with Crippen LogP contribution in [0.3, 0.4) is 0 Å². The van der Waals surface area contributed by atoms with E-state index < -0.39 is 29.0 Å². The second-order valence-corrected chi connectivity index (χ2v) is 7.49. The Balaban J connectivity index is 2.37. The van der Waals surface area contributed by atoms with Crippen molar-refractivity contribution in [2.24, 2.45) is 5.92 Å². The zero-order chi connectivity index (χ0) is 19.4. The smallest absolute Gasteiger partial charge is 0.410 e. The van der Waals surface area contributed by atoms with Crippen molar-refractivity contribution in [1.82, 2.24) is 4.90 Å². The average Bonchev–Trinajstić information content (AvgIpc) is 3.01. The lowest BCUT2D eigenvalue weighted by atomic mass is 9.70. The molecule has 6 nitrogen and oxygen atoms in total. The van der Waals surface area contributed by atoms with Gasteiger partial charge in [-0.15, -0.1) is 0 Å². The number of nitriles is 1. The number of amides is 1. The monoisotopic (exact) mass is 358 g/mol. The lowest BCUT2D eigenvalue weighted by Crippen LogP contribution is -2.44. The number of esters is 1. The first-order chi connectivity index (χ1) is 12.2. The first-order valence-corrected chi connectivity index (χ1v) is 8.83. The molecule has 1 aromatic carbocycles. The number of benzene rings is 1. The van der Waals surface area contributed by atoms with Crippen LogP contribution in [0.15, 0.2) is 30.3 Å². The van der Waals surface area contributed by atoms with Crippen molar-refractivity contribution in [2.75, 3.05) is 19.7 Å². The normalized spacial score (nSPS) is 21.0. The van der Waals surface area contributed by atoms with Crippen molar-refractivity contribution in [2.45, 2.75) is 45.1 Å². The van der Waals surface area contributed by atoms with Crippen LogP contribution < -0.4 is 0 Å². The van der Waals surface area contributed by atoms with Gasteiger partial charge in [-0.05, 0) is 39.7 Å². The number of nitrogens with zero attached hydrogens (tertiary/aromatic N) is 2. The van der Waals surface area contributed by atoms with Gasteiger partial charge in [-0.25, -0.2) is 4.79 Å². The molecule has 0 radical (unpaired) electrons. The van der Waals surface area contributed by atoms with Gasteiger partial charge in [0.05, 0.1) is 12.7 Å². The van der Waals surface area contributed by atoms with E-state index in [4.69, 9.17) is 9.47 Å². The van der Waals surface area contributed by atoms with E-state index >= 15 is 0 Å². The van der Waals surface area contributed by atoms with Crippen molar-refractivity contribution in [1.29, 1.82) is 5.26 Å². The Kier molecular flexibility index (Phi) is 5.91. The number of hydrogen-bond donors (Lipinski definition) is 0. The van der Waals surface area contributed by atoms with E-state index in [9.17, 15) is 14.9 Å². The number of likely N-dealkylation sites (tertiary alicyclic amines) is 1. The van der Waals surface area contributed by atoms with Crippen LogP contribution in [0.2, 0.25) is 0 Å². The van der Waals surface area contributed by atoms with Gasteiger partial charge in [0.25, 0.3) is 0 Å². The molecule has 1 aliphatic heterocycles. The summed E-state index contributed by atoms with van der Waals surface area (Å²) in [6.45, 7) is 8.00. The molecule has 1 amide bonds. The molecule has 2 atom stereocenters. The van der Waals surface area contributed by atoms with Gasteiger partial charge < -0.3 is 14.4 Å². The molecule has 0 aliphatic carbocycles. The third-order valence-electron chi connectivity index (χ3n) is 4.51. The predicted molar refractivity (Wildman–Crippen MR) is 96.3 cm³/mol. The van der Waals surface area contributed by atoms with Crippen LogP contribution in [0.25, 0.3) is 0 Å². The number of carbonyl (C=O) groups is 2. The molecule has 140 valence electrons. The second kappa shape index (κ2) is 7.77. The second-order valence-electron chi connectivity index (χ2n) is 7.49. The highest BCUT2D eigenvalue weighted by atomic mass is 16.6. The molecular weight excluding hydrogens is 332 g/mol. The van der Waals surface area contributed by atoms with Crippen LogP contribution in [-0.4, -0.2) is 42.3 Å². The van der Waals surface area contributed by atoms with Gasteiger partial charge in [0.15, 0.2) is 5.92 Å². The Hall–Kier alpha value is -2.55. The molecular formula is C20H26N2O4. The minimum absolute atomic E-state index is 0.206. The summed E-state index contributed by atoms with van der Waals surface area (Å²) >= 11 is 0. The molecule has 1 fully saturated rings. The molecule has 0 N–H and O–H groups in total. The van der Waals surface area contributed by atoms with Gasteiger partial charge >= 0.3 is 12.1 Å². The molecule has 2 unspecified atom stereocenters. The van der Waals surface area contributed by atoms with Crippen LogP contribution in [-0.2, 0) is 19.7 Å². The molecule has 6 heteroatoms. The Morgan fingerprint density at radius 3 is 2.50 bits per heavy atom. The van der Waals surface area contributed by atoms with E-state index in [-0.39, 0.29) is 13.2 Å². The van der Waals surface area contributed by atoms with Gasteiger partial charge in [0.1, 0.15) is 5.60 Å². The molecule has 0 aromatic heterocycles. The molecule has 1 saturated heterocycles. The molecule has 0 bridgehead atoms. The fraction of sp³-hybridized carbons (Fsp3) is 0.550. The van der Waals surface area contributed by atoms with Crippen molar-refractivity contribution >= 4 is 12.1 Å². The summed E-state index contributed by atoms with van der Waals surface area (Å²) in [5, 5.41) is 9.74. The molecule has 26 heavy (non-hydrogen) atoms. The number of ether oxygens (including phenoxy) is 2. The highest BCUT2D eigenvalue weighted by Gasteiger charge is 2.51. The van der Waals surface area contributed by atoms with Crippen molar-refractivity contribution in [3.8, 4) is 6.07 Å². The van der Waals surface area contributed by atoms with Gasteiger partial charge in [-0.3, -0.25) is 4.79 Å².